The van der Waals surface area contributed by atoms with Gasteiger partial charge in [-0.25, -0.2) is 4.98 Å². The van der Waals surface area contributed by atoms with Crippen LogP contribution in [0.2, 0.25) is 0 Å². The minimum Gasteiger partial charge on any atom is -0.491 e. The number of aromatic nitrogens is 1. The maximum atomic E-state index is 12.7. The van der Waals surface area contributed by atoms with Crippen molar-refractivity contribution in [1.82, 2.24) is 4.98 Å². The third-order valence-electron chi connectivity index (χ3n) is 4.23. The molecule has 0 bridgehead atoms. The lowest BCUT2D eigenvalue weighted by molar-refractivity contribution is 0.102. The summed E-state index contributed by atoms with van der Waals surface area (Å²) in [5, 5.41) is 3.69. The van der Waals surface area contributed by atoms with E-state index in [0.29, 0.717) is 22.9 Å². The van der Waals surface area contributed by atoms with Crippen LogP contribution in [-0.2, 0) is 6.61 Å². The Morgan fingerprint density at radius 2 is 1.83 bits per heavy atom. The van der Waals surface area contributed by atoms with Crippen molar-refractivity contribution in [2.45, 2.75) is 47.3 Å². The van der Waals surface area contributed by atoms with Crippen LogP contribution in [0, 0.1) is 20.8 Å². The molecular weight excluding hydrogens is 384 g/mol. The number of nitrogens with one attached hydrogen (secondary N) is 1. The van der Waals surface area contributed by atoms with Crippen LogP contribution < -0.4 is 14.8 Å². The number of carbonyl (C=O) groups is 1. The quantitative estimate of drug-likeness (QED) is 0.544. The van der Waals surface area contributed by atoms with Crippen molar-refractivity contribution < 1.29 is 14.3 Å². The molecule has 1 aromatic heterocycles. The van der Waals surface area contributed by atoms with Gasteiger partial charge in [0.1, 0.15) is 28.0 Å². The van der Waals surface area contributed by atoms with Crippen LogP contribution in [0.4, 0.5) is 5.69 Å². The molecule has 1 N–H and O–H groups in total. The summed E-state index contributed by atoms with van der Waals surface area (Å²) in [7, 11) is 0. The number of rotatable bonds is 7. The normalized spacial score (nSPS) is 10.8. The Kier molecular flexibility index (Phi) is 6.54. The topological polar surface area (TPSA) is 60.5 Å². The molecule has 6 heteroatoms. The van der Waals surface area contributed by atoms with Gasteiger partial charge in [-0.15, -0.1) is 11.3 Å². The molecule has 0 unspecified atom stereocenters. The number of anilines is 1. The Labute approximate surface area is 175 Å². The van der Waals surface area contributed by atoms with Gasteiger partial charge in [0.2, 0.25) is 0 Å². The average molecular weight is 411 g/mol. The molecule has 0 spiro atoms. The van der Waals surface area contributed by atoms with E-state index in [-0.39, 0.29) is 12.0 Å². The molecule has 0 saturated carbocycles. The number of hydrogen-bond acceptors (Lipinski definition) is 5. The molecule has 3 rings (SSSR count). The lowest BCUT2D eigenvalue weighted by Gasteiger charge is -2.10. The lowest BCUT2D eigenvalue weighted by Crippen LogP contribution is -2.11. The third-order valence-corrected chi connectivity index (χ3v) is 5.36. The average Bonchev–Trinajstić information content (AvgIpc) is 3.04. The van der Waals surface area contributed by atoms with E-state index in [9.17, 15) is 4.79 Å². The van der Waals surface area contributed by atoms with Crippen LogP contribution in [0.25, 0.3) is 0 Å². The van der Waals surface area contributed by atoms with Gasteiger partial charge in [0.15, 0.2) is 0 Å². The maximum Gasteiger partial charge on any atom is 0.267 e. The number of aryl methyl sites for hydroxylation is 3. The standard InChI is InChI=1S/C23H26N2O3S/c1-14(2)28-19-10-8-18(9-11-19)25-23(26)22-17(5)24-21(29-22)13-27-20-12-15(3)6-7-16(20)4/h6-12,14H,13H2,1-5H3,(H,25,26). The maximum absolute atomic E-state index is 12.7. The monoisotopic (exact) mass is 410 g/mol. The molecular formula is C23H26N2O3S. The van der Waals surface area contributed by atoms with E-state index in [1.165, 1.54) is 11.3 Å². The van der Waals surface area contributed by atoms with E-state index >= 15 is 0 Å². The largest absolute Gasteiger partial charge is 0.491 e. The zero-order valence-electron chi connectivity index (χ0n) is 17.4. The zero-order valence-corrected chi connectivity index (χ0v) is 18.2. The summed E-state index contributed by atoms with van der Waals surface area (Å²) in [6.45, 7) is 10.2. The van der Waals surface area contributed by atoms with Gasteiger partial charge >= 0.3 is 0 Å². The van der Waals surface area contributed by atoms with E-state index in [2.05, 4.69) is 16.4 Å². The molecule has 3 aromatic rings. The number of amides is 1. The number of thiazole rings is 1. The number of carbonyl (C=O) groups excluding carboxylic acids is 1. The van der Waals surface area contributed by atoms with Gasteiger partial charge in [-0.05, 0) is 76.1 Å². The van der Waals surface area contributed by atoms with Gasteiger partial charge in [-0.2, -0.15) is 0 Å². The molecule has 29 heavy (non-hydrogen) atoms. The summed E-state index contributed by atoms with van der Waals surface area (Å²) in [4.78, 5) is 17.8. The first-order chi connectivity index (χ1) is 13.8. The second-order valence-electron chi connectivity index (χ2n) is 7.22. The molecule has 2 aromatic carbocycles. The molecule has 152 valence electrons. The summed E-state index contributed by atoms with van der Waals surface area (Å²) in [6, 6.07) is 13.5. The first-order valence-electron chi connectivity index (χ1n) is 9.56. The third kappa shape index (κ3) is 5.57. The van der Waals surface area contributed by atoms with Crippen molar-refractivity contribution in [2.75, 3.05) is 5.32 Å². The highest BCUT2D eigenvalue weighted by Gasteiger charge is 2.16. The molecule has 0 aliphatic rings. The Hall–Kier alpha value is -2.86. The second-order valence-corrected chi connectivity index (χ2v) is 8.31. The number of benzene rings is 2. The van der Waals surface area contributed by atoms with Gasteiger partial charge in [0.25, 0.3) is 5.91 Å². The molecule has 0 fully saturated rings. The van der Waals surface area contributed by atoms with Crippen molar-refractivity contribution in [3.05, 3.63) is 69.2 Å². The fourth-order valence-corrected chi connectivity index (χ4v) is 3.68. The van der Waals surface area contributed by atoms with Crippen LogP contribution in [0.5, 0.6) is 11.5 Å². The van der Waals surface area contributed by atoms with E-state index < -0.39 is 0 Å². The van der Waals surface area contributed by atoms with Gasteiger partial charge in [-0.1, -0.05) is 12.1 Å². The highest BCUT2D eigenvalue weighted by atomic mass is 32.1. The van der Waals surface area contributed by atoms with Crippen LogP contribution in [0.1, 0.15) is 45.3 Å². The Bertz CT molecular complexity index is 994. The summed E-state index contributed by atoms with van der Waals surface area (Å²) < 4.78 is 11.5. The molecule has 5 nitrogen and oxygen atoms in total. The molecule has 0 saturated heterocycles. The van der Waals surface area contributed by atoms with Gasteiger partial charge in [0.05, 0.1) is 11.8 Å². The number of nitrogens with zero attached hydrogens (tertiary/aromatic N) is 1. The van der Waals surface area contributed by atoms with Crippen LogP contribution in [0.15, 0.2) is 42.5 Å². The predicted molar refractivity (Wildman–Crippen MR) is 117 cm³/mol. The van der Waals surface area contributed by atoms with Crippen molar-refractivity contribution in [2.24, 2.45) is 0 Å². The first kappa shape index (κ1) is 20.9. The summed E-state index contributed by atoms with van der Waals surface area (Å²) in [6.07, 6.45) is 0.111. The number of ether oxygens (including phenoxy) is 2. The van der Waals surface area contributed by atoms with Crippen LogP contribution in [0.3, 0.4) is 0 Å². The van der Waals surface area contributed by atoms with E-state index in [0.717, 1.165) is 27.6 Å². The lowest BCUT2D eigenvalue weighted by atomic mass is 10.1. The summed E-state index contributed by atoms with van der Waals surface area (Å²) in [5.41, 5.74) is 3.64. The molecule has 0 aliphatic carbocycles. The Morgan fingerprint density at radius 1 is 1.10 bits per heavy atom. The van der Waals surface area contributed by atoms with Crippen molar-refractivity contribution >= 4 is 22.9 Å². The van der Waals surface area contributed by atoms with Crippen molar-refractivity contribution in [3.63, 3.8) is 0 Å². The molecule has 1 heterocycles. The van der Waals surface area contributed by atoms with Gasteiger partial charge < -0.3 is 14.8 Å². The minimum absolute atomic E-state index is 0.111. The molecule has 0 atom stereocenters. The van der Waals surface area contributed by atoms with E-state index in [1.54, 1.807) is 0 Å². The van der Waals surface area contributed by atoms with E-state index in [1.807, 2.05) is 71.0 Å². The zero-order chi connectivity index (χ0) is 21.0. The Balaban J connectivity index is 1.64. The van der Waals surface area contributed by atoms with Crippen molar-refractivity contribution in [3.8, 4) is 11.5 Å². The number of hydrogen-bond donors (Lipinski definition) is 1. The smallest absolute Gasteiger partial charge is 0.267 e. The molecule has 1 amide bonds. The fraction of sp³-hybridized carbons (Fsp3) is 0.304. The Morgan fingerprint density at radius 3 is 2.52 bits per heavy atom. The predicted octanol–water partition coefficient (Wildman–Crippen LogP) is 5.69. The molecule has 0 radical (unpaired) electrons. The second kappa shape index (κ2) is 9.09. The van der Waals surface area contributed by atoms with E-state index in [4.69, 9.17) is 9.47 Å². The van der Waals surface area contributed by atoms with Crippen LogP contribution in [-0.4, -0.2) is 17.0 Å². The van der Waals surface area contributed by atoms with Crippen LogP contribution >= 0.6 is 11.3 Å². The molecule has 0 aliphatic heterocycles. The fourth-order valence-electron chi connectivity index (χ4n) is 2.80. The van der Waals surface area contributed by atoms with Crippen molar-refractivity contribution in [1.29, 1.82) is 0 Å². The SMILES string of the molecule is Cc1ccc(C)c(OCc2nc(C)c(C(=O)Nc3ccc(OC(C)C)cc3)s2)c1. The summed E-state index contributed by atoms with van der Waals surface area (Å²) >= 11 is 1.35. The van der Waals surface area contributed by atoms with Gasteiger partial charge in [-0.3, -0.25) is 4.79 Å². The minimum atomic E-state index is -0.171. The highest BCUT2D eigenvalue weighted by molar-refractivity contribution is 7.13. The van der Waals surface area contributed by atoms with Gasteiger partial charge in [0, 0.05) is 5.69 Å². The first-order valence-corrected chi connectivity index (χ1v) is 10.4. The summed E-state index contributed by atoms with van der Waals surface area (Å²) in [5.74, 6) is 1.45. The highest BCUT2D eigenvalue weighted by Crippen LogP contribution is 2.24.